The number of piperazine rings is 1. The molecule has 2 aliphatic heterocycles. The molecule has 2 aliphatic rings. The van der Waals surface area contributed by atoms with E-state index in [4.69, 9.17) is 0 Å². The van der Waals surface area contributed by atoms with Gasteiger partial charge in [0.05, 0.1) is 11.5 Å². The zero-order valence-electron chi connectivity index (χ0n) is 21.7. The highest BCUT2D eigenvalue weighted by Crippen LogP contribution is 2.29. The molecule has 0 radical (unpaired) electrons. The first-order chi connectivity index (χ1) is 17.4. The highest BCUT2D eigenvalue weighted by Gasteiger charge is 2.30. The first kappa shape index (κ1) is 25.7. The number of benzene rings is 2. The second-order valence-corrected chi connectivity index (χ2v) is 10.1. The Morgan fingerprint density at radius 1 is 0.861 bits per heavy atom. The lowest BCUT2D eigenvalue weighted by atomic mass is 9.94. The van der Waals surface area contributed by atoms with Gasteiger partial charge in [-0.3, -0.25) is 14.4 Å². The van der Waals surface area contributed by atoms with Crippen LogP contribution in [0.25, 0.3) is 0 Å². The molecule has 0 aliphatic carbocycles. The fourth-order valence-corrected chi connectivity index (χ4v) is 5.06. The molecule has 2 saturated heterocycles. The summed E-state index contributed by atoms with van der Waals surface area (Å²) in [5.74, 6) is -0.164. The fourth-order valence-electron chi connectivity index (χ4n) is 5.06. The summed E-state index contributed by atoms with van der Waals surface area (Å²) in [7, 11) is 0. The number of hydrogen-bond donors (Lipinski definition) is 1. The number of anilines is 2. The van der Waals surface area contributed by atoms with Crippen molar-refractivity contribution >= 4 is 29.1 Å². The predicted molar refractivity (Wildman–Crippen MR) is 143 cm³/mol. The van der Waals surface area contributed by atoms with Gasteiger partial charge >= 0.3 is 0 Å². The van der Waals surface area contributed by atoms with Crippen molar-refractivity contribution in [3.05, 3.63) is 59.7 Å². The third-order valence-electron chi connectivity index (χ3n) is 7.25. The molecule has 1 unspecified atom stereocenters. The Kier molecular flexibility index (Phi) is 8.28. The number of carbonyl (C=O) groups excluding carboxylic acids is 3. The van der Waals surface area contributed by atoms with Gasteiger partial charge in [-0.1, -0.05) is 51.1 Å². The number of nitrogens with one attached hydrogen (secondary N) is 1. The molecule has 36 heavy (non-hydrogen) atoms. The molecule has 0 saturated carbocycles. The van der Waals surface area contributed by atoms with Crippen molar-refractivity contribution in [2.24, 2.45) is 5.92 Å². The van der Waals surface area contributed by atoms with Gasteiger partial charge in [0.25, 0.3) is 5.91 Å². The van der Waals surface area contributed by atoms with Crippen molar-refractivity contribution in [1.82, 2.24) is 9.80 Å². The van der Waals surface area contributed by atoms with Gasteiger partial charge < -0.3 is 20.0 Å². The summed E-state index contributed by atoms with van der Waals surface area (Å²) in [4.78, 5) is 45.1. The second kappa shape index (κ2) is 11.6. The molecule has 3 amide bonds. The van der Waals surface area contributed by atoms with E-state index in [1.165, 1.54) is 0 Å². The maximum Gasteiger partial charge on any atom is 0.256 e. The van der Waals surface area contributed by atoms with Crippen LogP contribution in [0.4, 0.5) is 11.4 Å². The van der Waals surface area contributed by atoms with Gasteiger partial charge in [-0.15, -0.1) is 0 Å². The molecule has 2 heterocycles. The summed E-state index contributed by atoms with van der Waals surface area (Å²) < 4.78 is 0. The Morgan fingerprint density at radius 3 is 2.14 bits per heavy atom. The quantitative estimate of drug-likeness (QED) is 0.626. The van der Waals surface area contributed by atoms with Crippen LogP contribution >= 0.6 is 0 Å². The molecule has 2 aromatic rings. The van der Waals surface area contributed by atoms with Crippen LogP contribution in [0.1, 0.15) is 61.9 Å². The molecule has 7 nitrogen and oxygen atoms in total. The first-order valence-corrected chi connectivity index (χ1v) is 13.2. The van der Waals surface area contributed by atoms with Gasteiger partial charge in [-0.2, -0.15) is 0 Å². The second-order valence-electron chi connectivity index (χ2n) is 10.1. The van der Waals surface area contributed by atoms with Crippen molar-refractivity contribution < 1.29 is 14.4 Å². The minimum absolute atomic E-state index is 0.0109. The van der Waals surface area contributed by atoms with E-state index < -0.39 is 0 Å². The number of rotatable bonds is 7. The number of likely N-dealkylation sites (tertiary alicyclic amines) is 1. The van der Waals surface area contributed by atoms with Gasteiger partial charge in [0.1, 0.15) is 0 Å². The van der Waals surface area contributed by atoms with Gasteiger partial charge in [0, 0.05) is 56.6 Å². The molecule has 1 N–H and O–H groups in total. The number of nitrogens with zero attached hydrogens (tertiary/aromatic N) is 3. The van der Waals surface area contributed by atoms with E-state index >= 15 is 0 Å². The van der Waals surface area contributed by atoms with Crippen LogP contribution < -0.4 is 10.2 Å². The molecule has 0 bridgehead atoms. The average molecular weight is 491 g/mol. The van der Waals surface area contributed by atoms with Crippen LogP contribution in [0.5, 0.6) is 0 Å². The third kappa shape index (κ3) is 5.72. The summed E-state index contributed by atoms with van der Waals surface area (Å²) in [6.45, 7) is 9.84. The topological polar surface area (TPSA) is 73.0 Å². The minimum Gasteiger partial charge on any atom is -0.367 e. The van der Waals surface area contributed by atoms with E-state index in [9.17, 15) is 14.4 Å². The van der Waals surface area contributed by atoms with Crippen LogP contribution in [-0.4, -0.2) is 66.8 Å². The number of carbonyl (C=O) groups is 3. The number of hydrogen-bond acceptors (Lipinski definition) is 4. The zero-order chi connectivity index (χ0) is 25.7. The monoisotopic (exact) mass is 490 g/mol. The molecule has 2 fully saturated rings. The Labute approximate surface area is 214 Å². The lowest BCUT2D eigenvalue weighted by Crippen LogP contribution is -2.50. The Morgan fingerprint density at radius 2 is 1.53 bits per heavy atom. The highest BCUT2D eigenvalue weighted by atomic mass is 16.2. The maximum absolute atomic E-state index is 13.5. The van der Waals surface area contributed by atoms with Gasteiger partial charge in [-0.25, -0.2) is 0 Å². The van der Waals surface area contributed by atoms with E-state index in [1.54, 1.807) is 0 Å². The standard InChI is InChI=1S/C29H38N4O3/c1-4-24(22-10-6-5-7-11-22)28(35)33-18-16-31(17-19-33)26-13-12-23(30-27(34)21(2)3)20-25(26)29(36)32-14-8-9-15-32/h5-7,10-13,20-21,24H,4,8-9,14-19H2,1-3H3,(H,30,34). The Balaban J connectivity index is 1.51. The Bertz CT molecular complexity index is 1070. The number of amides is 3. The molecular weight excluding hydrogens is 452 g/mol. The molecule has 0 spiro atoms. The SMILES string of the molecule is CCC(C(=O)N1CCN(c2ccc(NC(=O)C(C)C)cc2C(=O)N2CCCC2)CC1)c1ccccc1. The normalized spacial score (nSPS) is 16.8. The summed E-state index contributed by atoms with van der Waals surface area (Å²) >= 11 is 0. The predicted octanol–water partition coefficient (Wildman–Crippen LogP) is 4.36. The molecule has 4 rings (SSSR count). The van der Waals surface area contributed by atoms with Crippen LogP contribution in [0.15, 0.2) is 48.5 Å². The van der Waals surface area contributed by atoms with Crippen molar-refractivity contribution in [3.63, 3.8) is 0 Å². The van der Waals surface area contributed by atoms with E-state index in [0.29, 0.717) is 37.4 Å². The first-order valence-electron chi connectivity index (χ1n) is 13.2. The molecule has 2 aromatic carbocycles. The largest absolute Gasteiger partial charge is 0.367 e. The Hall–Kier alpha value is -3.35. The molecular formula is C29H38N4O3. The zero-order valence-corrected chi connectivity index (χ0v) is 21.7. The van der Waals surface area contributed by atoms with E-state index in [2.05, 4.69) is 17.1 Å². The molecule has 192 valence electrons. The molecule has 7 heteroatoms. The summed E-state index contributed by atoms with van der Waals surface area (Å²) in [6, 6.07) is 15.6. The summed E-state index contributed by atoms with van der Waals surface area (Å²) in [5, 5.41) is 2.93. The molecule has 1 atom stereocenters. The van der Waals surface area contributed by atoms with Crippen LogP contribution in [0.2, 0.25) is 0 Å². The third-order valence-corrected chi connectivity index (χ3v) is 7.25. The fraction of sp³-hybridized carbons (Fsp3) is 0.483. The van der Waals surface area contributed by atoms with E-state index in [1.807, 2.05) is 72.2 Å². The lowest BCUT2D eigenvalue weighted by Gasteiger charge is -2.38. The van der Waals surface area contributed by atoms with Crippen LogP contribution in [0, 0.1) is 5.92 Å². The minimum atomic E-state index is -0.143. The van der Waals surface area contributed by atoms with Gasteiger partial charge in [0.2, 0.25) is 11.8 Å². The smallest absolute Gasteiger partial charge is 0.256 e. The van der Waals surface area contributed by atoms with Crippen molar-refractivity contribution in [3.8, 4) is 0 Å². The lowest BCUT2D eigenvalue weighted by molar-refractivity contribution is -0.133. The van der Waals surface area contributed by atoms with Crippen molar-refractivity contribution in [2.75, 3.05) is 49.5 Å². The van der Waals surface area contributed by atoms with Crippen LogP contribution in [0.3, 0.4) is 0 Å². The molecule has 0 aromatic heterocycles. The van der Waals surface area contributed by atoms with Gasteiger partial charge in [0.15, 0.2) is 0 Å². The highest BCUT2D eigenvalue weighted by molar-refractivity contribution is 6.02. The van der Waals surface area contributed by atoms with Crippen molar-refractivity contribution in [1.29, 1.82) is 0 Å². The summed E-state index contributed by atoms with van der Waals surface area (Å²) in [6.07, 6.45) is 2.80. The van der Waals surface area contributed by atoms with Gasteiger partial charge in [-0.05, 0) is 43.0 Å². The van der Waals surface area contributed by atoms with E-state index in [0.717, 1.165) is 43.6 Å². The van der Waals surface area contributed by atoms with E-state index in [-0.39, 0.29) is 29.6 Å². The van der Waals surface area contributed by atoms with Crippen molar-refractivity contribution in [2.45, 2.75) is 46.0 Å². The summed E-state index contributed by atoms with van der Waals surface area (Å²) in [5.41, 5.74) is 3.19. The van der Waals surface area contributed by atoms with Crippen LogP contribution in [-0.2, 0) is 9.59 Å². The maximum atomic E-state index is 13.5. The average Bonchev–Trinajstić information content (AvgIpc) is 3.44.